The molecule has 0 N–H and O–H groups in total. The van der Waals surface area contributed by atoms with Crippen LogP contribution >= 0.6 is 0 Å². The Kier molecular flexibility index (Phi) is 7.43. The number of hydrogen-bond donors (Lipinski definition) is 0. The molecule has 53 heavy (non-hydrogen) atoms. The van der Waals surface area contributed by atoms with Crippen molar-refractivity contribution in [2.45, 2.75) is 0 Å². The van der Waals surface area contributed by atoms with E-state index in [2.05, 4.69) is 133 Å². The third-order valence-electron chi connectivity index (χ3n) is 9.94. The summed E-state index contributed by atoms with van der Waals surface area (Å²) >= 11 is 0. The van der Waals surface area contributed by atoms with Crippen LogP contribution in [0.2, 0.25) is 0 Å². The SMILES string of the molecule is c1ccc(-c2ccc(-c3ccc(-c4nc(-c5ccccc5)nc(-c5ccc6ccc(-c7ccccc7)cc6c5)n4)c4c3oc3ccccc34)cc2)cc1. The summed E-state index contributed by atoms with van der Waals surface area (Å²) in [5, 5.41) is 4.28. The summed E-state index contributed by atoms with van der Waals surface area (Å²) in [6.07, 6.45) is 0. The topological polar surface area (TPSA) is 51.8 Å². The van der Waals surface area contributed by atoms with Crippen LogP contribution in [0.5, 0.6) is 0 Å². The van der Waals surface area contributed by atoms with Crippen LogP contribution in [0.25, 0.3) is 100 Å². The molecule has 4 heteroatoms. The van der Waals surface area contributed by atoms with Crippen LogP contribution in [0, 0.1) is 0 Å². The lowest BCUT2D eigenvalue weighted by atomic mass is 9.96. The predicted octanol–water partition coefficient (Wildman–Crippen LogP) is 12.9. The van der Waals surface area contributed by atoms with Crippen LogP contribution in [-0.2, 0) is 0 Å². The number of rotatable bonds is 6. The highest BCUT2D eigenvalue weighted by Gasteiger charge is 2.21. The smallest absolute Gasteiger partial charge is 0.164 e. The van der Waals surface area contributed by atoms with Gasteiger partial charge in [-0.25, -0.2) is 15.0 Å². The molecule has 0 aliphatic carbocycles. The largest absolute Gasteiger partial charge is 0.455 e. The van der Waals surface area contributed by atoms with E-state index in [1.165, 1.54) is 22.3 Å². The van der Waals surface area contributed by atoms with Gasteiger partial charge in [0.2, 0.25) is 0 Å². The van der Waals surface area contributed by atoms with Crippen LogP contribution in [-0.4, -0.2) is 15.0 Å². The van der Waals surface area contributed by atoms with Crippen molar-refractivity contribution >= 4 is 32.7 Å². The first-order valence-electron chi connectivity index (χ1n) is 17.8. The van der Waals surface area contributed by atoms with Gasteiger partial charge in [0.15, 0.2) is 17.5 Å². The van der Waals surface area contributed by atoms with Gasteiger partial charge in [0.05, 0.1) is 0 Å². The first-order valence-corrected chi connectivity index (χ1v) is 17.8. The minimum Gasteiger partial charge on any atom is -0.455 e. The molecule has 0 fully saturated rings. The highest BCUT2D eigenvalue weighted by Crippen LogP contribution is 2.42. The fraction of sp³-hybridized carbons (Fsp3) is 0. The number of hydrogen-bond acceptors (Lipinski definition) is 4. The first kappa shape index (κ1) is 30.6. The van der Waals surface area contributed by atoms with E-state index in [0.29, 0.717) is 17.5 Å². The van der Waals surface area contributed by atoms with E-state index in [1.807, 2.05) is 54.6 Å². The maximum atomic E-state index is 6.67. The van der Waals surface area contributed by atoms with Crippen LogP contribution in [0.3, 0.4) is 0 Å². The normalized spacial score (nSPS) is 11.4. The molecule has 0 saturated carbocycles. The number of fused-ring (bicyclic) bond motifs is 4. The van der Waals surface area contributed by atoms with Gasteiger partial charge in [-0.3, -0.25) is 0 Å². The molecule has 0 aliphatic heterocycles. The van der Waals surface area contributed by atoms with Crippen molar-refractivity contribution in [1.82, 2.24) is 15.0 Å². The molecule has 2 heterocycles. The molecule has 0 unspecified atom stereocenters. The van der Waals surface area contributed by atoms with Crippen LogP contribution < -0.4 is 0 Å². The molecule has 0 saturated heterocycles. The van der Waals surface area contributed by atoms with Gasteiger partial charge < -0.3 is 4.42 Å². The molecule has 0 radical (unpaired) electrons. The lowest BCUT2D eigenvalue weighted by Gasteiger charge is -2.12. The summed E-state index contributed by atoms with van der Waals surface area (Å²) < 4.78 is 6.67. The van der Waals surface area contributed by atoms with Gasteiger partial charge in [-0.2, -0.15) is 0 Å². The van der Waals surface area contributed by atoms with Gasteiger partial charge in [0, 0.05) is 33.0 Å². The summed E-state index contributed by atoms with van der Waals surface area (Å²) in [5.41, 5.74) is 11.2. The molecule has 0 bridgehead atoms. The van der Waals surface area contributed by atoms with Crippen LogP contribution in [0.15, 0.2) is 192 Å². The molecule has 10 aromatic rings. The molecule has 248 valence electrons. The zero-order chi connectivity index (χ0) is 35.1. The van der Waals surface area contributed by atoms with E-state index in [1.54, 1.807) is 0 Å². The van der Waals surface area contributed by atoms with Crippen molar-refractivity contribution < 1.29 is 4.42 Å². The fourth-order valence-corrected chi connectivity index (χ4v) is 7.25. The molecular weight excluding hydrogens is 647 g/mol. The Hall–Kier alpha value is -7.17. The summed E-state index contributed by atoms with van der Waals surface area (Å²) in [4.78, 5) is 15.4. The lowest BCUT2D eigenvalue weighted by Crippen LogP contribution is -2.00. The minimum atomic E-state index is 0.592. The Morgan fingerprint density at radius 2 is 0.811 bits per heavy atom. The third kappa shape index (κ3) is 5.63. The Morgan fingerprint density at radius 1 is 0.321 bits per heavy atom. The Balaban J connectivity index is 1.15. The maximum absolute atomic E-state index is 6.67. The van der Waals surface area contributed by atoms with Gasteiger partial charge in [-0.15, -0.1) is 0 Å². The molecule has 0 atom stereocenters. The van der Waals surface area contributed by atoms with E-state index >= 15 is 0 Å². The second kappa shape index (κ2) is 12.9. The summed E-state index contributed by atoms with van der Waals surface area (Å²) in [6.45, 7) is 0. The molecule has 4 nitrogen and oxygen atoms in total. The zero-order valence-corrected chi connectivity index (χ0v) is 28.6. The molecular formula is C49H31N3O. The Labute approximate surface area is 306 Å². The van der Waals surface area contributed by atoms with Gasteiger partial charge in [-0.1, -0.05) is 158 Å². The molecule has 8 aromatic carbocycles. The van der Waals surface area contributed by atoms with Crippen molar-refractivity contribution in [3.63, 3.8) is 0 Å². The monoisotopic (exact) mass is 677 g/mol. The second-order valence-electron chi connectivity index (χ2n) is 13.2. The number of para-hydroxylation sites is 1. The number of furan rings is 1. The van der Waals surface area contributed by atoms with Gasteiger partial charge in [-0.05, 0) is 68.9 Å². The van der Waals surface area contributed by atoms with E-state index in [0.717, 1.165) is 60.5 Å². The van der Waals surface area contributed by atoms with Crippen molar-refractivity contribution in [1.29, 1.82) is 0 Å². The van der Waals surface area contributed by atoms with Gasteiger partial charge in [0.1, 0.15) is 11.2 Å². The average molecular weight is 678 g/mol. The highest BCUT2D eigenvalue weighted by atomic mass is 16.3. The van der Waals surface area contributed by atoms with Crippen molar-refractivity contribution in [3.8, 4) is 67.5 Å². The summed E-state index contributed by atoms with van der Waals surface area (Å²) in [6, 6.07) is 65.2. The molecule has 10 rings (SSSR count). The first-order chi connectivity index (χ1) is 26.2. The summed E-state index contributed by atoms with van der Waals surface area (Å²) in [5.74, 6) is 1.82. The standard InChI is InChI=1S/C49H31N3O/c1-4-12-32(13-5-1)34-20-24-36(25-21-34)41-28-29-43(45-42-18-10-11-19-44(42)53-46(41)45)49-51-47(37-16-8-3-9-17-37)50-48(52-49)39-27-23-35-22-26-38(30-40(35)31-39)33-14-6-2-7-15-33/h1-31H. The van der Waals surface area contributed by atoms with Crippen LogP contribution in [0.4, 0.5) is 0 Å². The molecule has 0 spiro atoms. The molecule has 0 amide bonds. The summed E-state index contributed by atoms with van der Waals surface area (Å²) in [7, 11) is 0. The highest BCUT2D eigenvalue weighted by molar-refractivity contribution is 6.15. The van der Waals surface area contributed by atoms with Gasteiger partial charge >= 0.3 is 0 Å². The lowest BCUT2D eigenvalue weighted by molar-refractivity contribution is 0.670. The van der Waals surface area contributed by atoms with E-state index < -0.39 is 0 Å². The zero-order valence-electron chi connectivity index (χ0n) is 28.6. The van der Waals surface area contributed by atoms with Crippen molar-refractivity contribution in [2.24, 2.45) is 0 Å². The van der Waals surface area contributed by atoms with Gasteiger partial charge in [0.25, 0.3) is 0 Å². The van der Waals surface area contributed by atoms with Crippen molar-refractivity contribution in [3.05, 3.63) is 188 Å². The fourth-order valence-electron chi connectivity index (χ4n) is 7.25. The molecule has 0 aliphatic rings. The van der Waals surface area contributed by atoms with E-state index in [4.69, 9.17) is 19.4 Å². The minimum absolute atomic E-state index is 0.592. The predicted molar refractivity (Wildman–Crippen MR) is 217 cm³/mol. The Bertz CT molecular complexity index is 2920. The average Bonchev–Trinajstić information content (AvgIpc) is 3.64. The number of benzene rings is 8. The second-order valence-corrected chi connectivity index (χ2v) is 13.2. The maximum Gasteiger partial charge on any atom is 0.164 e. The quantitative estimate of drug-likeness (QED) is 0.176. The third-order valence-corrected chi connectivity index (χ3v) is 9.94. The number of nitrogens with zero attached hydrogens (tertiary/aromatic N) is 3. The Morgan fingerprint density at radius 3 is 1.53 bits per heavy atom. The van der Waals surface area contributed by atoms with Crippen molar-refractivity contribution in [2.75, 3.05) is 0 Å². The molecule has 2 aromatic heterocycles. The van der Waals surface area contributed by atoms with E-state index in [-0.39, 0.29) is 0 Å². The van der Waals surface area contributed by atoms with E-state index in [9.17, 15) is 0 Å². The van der Waals surface area contributed by atoms with Crippen LogP contribution in [0.1, 0.15) is 0 Å². The number of aromatic nitrogens is 3.